The van der Waals surface area contributed by atoms with Crippen LogP contribution in [0.15, 0.2) is 12.2 Å². The first-order valence-electron chi connectivity index (χ1n) is 5.03. The fourth-order valence-corrected chi connectivity index (χ4v) is 1.89. The van der Waals surface area contributed by atoms with Crippen LogP contribution in [0.2, 0.25) is 0 Å². The van der Waals surface area contributed by atoms with Crippen molar-refractivity contribution in [1.29, 1.82) is 0 Å². The van der Waals surface area contributed by atoms with E-state index in [1.54, 1.807) is 0 Å². The largest absolute Gasteiger partial charge is 0.441 e. The minimum absolute atomic E-state index is 0.161. The summed E-state index contributed by atoms with van der Waals surface area (Å²) in [5.41, 5.74) is 4.39. The van der Waals surface area contributed by atoms with E-state index in [1.165, 1.54) is 27.7 Å². The van der Waals surface area contributed by atoms with Crippen molar-refractivity contribution in [2.75, 3.05) is 0 Å². The van der Waals surface area contributed by atoms with E-state index in [-0.39, 0.29) is 5.57 Å². The van der Waals surface area contributed by atoms with Gasteiger partial charge in [0.05, 0.1) is 5.25 Å². The van der Waals surface area contributed by atoms with Gasteiger partial charge in [-0.2, -0.15) is 8.42 Å². The zero-order valence-corrected chi connectivity index (χ0v) is 11.2. The molecule has 0 saturated heterocycles. The van der Waals surface area contributed by atoms with E-state index in [0.29, 0.717) is 0 Å². The van der Waals surface area contributed by atoms with Gasteiger partial charge in [-0.15, -0.1) is 0 Å². The SMILES string of the molecule is C=C(C)C(=O)OC(C)(N)C(C)C(C)S(=O)(=O)O. The maximum absolute atomic E-state index is 11.3. The average Bonchev–Trinajstić information content (AvgIpc) is 2.13. The molecule has 100 valence electrons. The molecule has 3 atom stereocenters. The third kappa shape index (κ3) is 4.45. The third-order valence-corrected chi connectivity index (χ3v) is 4.09. The van der Waals surface area contributed by atoms with Crippen LogP contribution in [0, 0.1) is 5.92 Å². The van der Waals surface area contributed by atoms with Gasteiger partial charge in [-0.3, -0.25) is 10.3 Å². The quantitative estimate of drug-likeness (QED) is 0.328. The molecular formula is C10H19NO5S. The molecule has 0 radical (unpaired) electrons. The minimum atomic E-state index is -4.23. The Hall–Kier alpha value is -0.920. The van der Waals surface area contributed by atoms with Crippen molar-refractivity contribution >= 4 is 16.1 Å². The van der Waals surface area contributed by atoms with Gasteiger partial charge in [0.25, 0.3) is 10.1 Å². The van der Waals surface area contributed by atoms with E-state index in [1.807, 2.05) is 0 Å². The number of hydrogen-bond acceptors (Lipinski definition) is 5. The topological polar surface area (TPSA) is 107 Å². The van der Waals surface area contributed by atoms with Crippen LogP contribution in [-0.2, 0) is 19.6 Å². The van der Waals surface area contributed by atoms with Gasteiger partial charge in [-0.1, -0.05) is 13.5 Å². The highest BCUT2D eigenvalue weighted by molar-refractivity contribution is 7.86. The Labute approximate surface area is 102 Å². The van der Waals surface area contributed by atoms with Gasteiger partial charge < -0.3 is 4.74 Å². The molecule has 0 aromatic carbocycles. The summed E-state index contributed by atoms with van der Waals surface area (Å²) in [6, 6.07) is 0. The number of carbonyl (C=O) groups is 1. The molecule has 0 bridgehead atoms. The molecule has 3 N–H and O–H groups in total. The lowest BCUT2D eigenvalue weighted by Gasteiger charge is -2.33. The van der Waals surface area contributed by atoms with Crippen LogP contribution in [0.25, 0.3) is 0 Å². The lowest BCUT2D eigenvalue weighted by atomic mass is 9.97. The first-order chi connectivity index (χ1) is 7.39. The maximum atomic E-state index is 11.3. The Morgan fingerprint density at radius 2 is 1.88 bits per heavy atom. The highest BCUT2D eigenvalue weighted by atomic mass is 32.2. The third-order valence-electron chi connectivity index (χ3n) is 2.74. The van der Waals surface area contributed by atoms with E-state index in [4.69, 9.17) is 15.0 Å². The zero-order chi connectivity index (χ0) is 14.0. The Kier molecular flexibility index (Phi) is 4.88. The van der Waals surface area contributed by atoms with Crippen molar-refractivity contribution in [1.82, 2.24) is 0 Å². The molecular weight excluding hydrogens is 246 g/mol. The van der Waals surface area contributed by atoms with Gasteiger partial charge in [0.1, 0.15) is 0 Å². The van der Waals surface area contributed by atoms with Gasteiger partial charge in [0.2, 0.25) is 0 Å². The first-order valence-corrected chi connectivity index (χ1v) is 6.54. The van der Waals surface area contributed by atoms with Crippen LogP contribution >= 0.6 is 0 Å². The molecule has 0 aliphatic carbocycles. The van der Waals surface area contributed by atoms with Gasteiger partial charge in [0.15, 0.2) is 5.72 Å². The summed E-state index contributed by atoms with van der Waals surface area (Å²) >= 11 is 0. The summed E-state index contributed by atoms with van der Waals surface area (Å²) in [5.74, 6) is -1.48. The second-order valence-electron chi connectivity index (χ2n) is 4.36. The molecule has 0 aliphatic heterocycles. The van der Waals surface area contributed by atoms with Crippen LogP contribution in [0.5, 0.6) is 0 Å². The molecule has 0 heterocycles. The van der Waals surface area contributed by atoms with Crippen molar-refractivity contribution in [2.45, 2.75) is 38.7 Å². The Bertz CT molecular complexity index is 412. The van der Waals surface area contributed by atoms with Crippen LogP contribution in [-0.4, -0.2) is 29.9 Å². The lowest BCUT2D eigenvalue weighted by molar-refractivity contribution is -0.157. The van der Waals surface area contributed by atoms with Crippen LogP contribution in [0.4, 0.5) is 0 Å². The second-order valence-corrected chi connectivity index (χ2v) is 6.14. The summed E-state index contributed by atoms with van der Waals surface area (Å²) in [7, 11) is -4.23. The molecule has 6 nitrogen and oxygen atoms in total. The standard InChI is InChI=1S/C10H19NO5S/c1-6(2)9(12)16-10(5,11)7(3)8(4)17(13,14)15/h7-8H,1,11H2,2-5H3,(H,13,14,15). The summed E-state index contributed by atoms with van der Waals surface area (Å²) in [5, 5.41) is -1.14. The van der Waals surface area contributed by atoms with Crippen molar-refractivity contribution < 1.29 is 22.5 Å². The number of carbonyl (C=O) groups excluding carboxylic acids is 1. The number of ether oxygens (including phenoxy) is 1. The molecule has 17 heavy (non-hydrogen) atoms. The van der Waals surface area contributed by atoms with Crippen molar-refractivity contribution in [2.24, 2.45) is 11.7 Å². The molecule has 0 saturated carbocycles. The van der Waals surface area contributed by atoms with Crippen LogP contribution in [0.1, 0.15) is 27.7 Å². The Balaban J connectivity index is 4.95. The number of esters is 1. The summed E-state index contributed by atoms with van der Waals surface area (Å²) in [4.78, 5) is 11.3. The molecule has 0 fully saturated rings. The molecule has 0 aromatic heterocycles. The summed E-state index contributed by atoms with van der Waals surface area (Å²) in [6.45, 7) is 8.99. The van der Waals surface area contributed by atoms with Crippen LogP contribution < -0.4 is 5.73 Å². The average molecular weight is 265 g/mol. The minimum Gasteiger partial charge on any atom is -0.441 e. The molecule has 7 heteroatoms. The van der Waals surface area contributed by atoms with Gasteiger partial charge in [-0.25, -0.2) is 4.79 Å². The van der Waals surface area contributed by atoms with Gasteiger partial charge >= 0.3 is 5.97 Å². The monoisotopic (exact) mass is 265 g/mol. The molecule has 0 spiro atoms. The predicted molar refractivity (Wildman–Crippen MR) is 63.7 cm³/mol. The maximum Gasteiger partial charge on any atom is 0.334 e. The normalized spacial score (nSPS) is 18.9. The predicted octanol–water partition coefficient (Wildman–Crippen LogP) is 0.693. The van der Waals surface area contributed by atoms with E-state index < -0.39 is 33.0 Å². The van der Waals surface area contributed by atoms with Crippen molar-refractivity contribution in [3.05, 3.63) is 12.2 Å². The van der Waals surface area contributed by atoms with E-state index in [9.17, 15) is 13.2 Å². The number of nitrogens with two attached hydrogens (primary N) is 1. The molecule has 0 rings (SSSR count). The molecule has 0 amide bonds. The van der Waals surface area contributed by atoms with Crippen molar-refractivity contribution in [3.63, 3.8) is 0 Å². The van der Waals surface area contributed by atoms with Crippen LogP contribution in [0.3, 0.4) is 0 Å². The summed E-state index contributed by atoms with van der Waals surface area (Å²) in [6.07, 6.45) is 0. The smallest absolute Gasteiger partial charge is 0.334 e. The fourth-order valence-electron chi connectivity index (χ4n) is 1.10. The van der Waals surface area contributed by atoms with E-state index in [0.717, 1.165) is 0 Å². The number of hydrogen-bond donors (Lipinski definition) is 2. The fraction of sp³-hybridized carbons (Fsp3) is 0.700. The lowest BCUT2D eigenvalue weighted by Crippen LogP contribution is -2.52. The molecule has 0 aliphatic rings. The van der Waals surface area contributed by atoms with E-state index >= 15 is 0 Å². The van der Waals surface area contributed by atoms with Crippen molar-refractivity contribution in [3.8, 4) is 0 Å². The highest BCUT2D eigenvalue weighted by Crippen LogP contribution is 2.24. The first kappa shape index (κ1) is 16.1. The Morgan fingerprint density at radius 3 is 2.18 bits per heavy atom. The zero-order valence-electron chi connectivity index (χ0n) is 10.4. The highest BCUT2D eigenvalue weighted by Gasteiger charge is 2.39. The van der Waals surface area contributed by atoms with Gasteiger partial charge in [-0.05, 0) is 20.8 Å². The van der Waals surface area contributed by atoms with Gasteiger partial charge in [0, 0.05) is 11.5 Å². The van der Waals surface area contributed by atoms with E-state index in [2.05, 4.69) is 6.58 Å². The molecule has 3 unspecified atom stereocenters. The Morgan fingerprint density at radius 1 is 1.47 bits per heavy atom. The number of rotatable bonds is 5. The summed E-state index contributed by atoms with van der Waals surface area (Å²) < 4.78 is 35.8. The second kappa shape index (κ2) is 5.16. The molecule has 0 aromatic rings.